The van der Waals surface area contributed by atoms with E-state index in [0.29, 0.717) is 26.1 Å². The third-order valence-electron chi connectivity index (χ3n) is 7.24. The number of carbonyl (C=O) groups is 3. The smallest absolute Gasteiger partial charge is 0.407 e. The molecule has 1 heterocycles. The quantitative estimate of drug-likeness (QED) is 0.598. The number of nitrogens with zero attached hydrogens (tertiary/aromatic N) is 1. The van der Waals surface area contributed by atoms with E-state index in [1.165, 1.54) is 11.8 Å². The van der Waals surface area contributed by atoms with E-state index < -0.39 is 23.5 Å². The molecule has 1 fully saturated rings. The molecule has 0 aromatic heterocycles. The van der Waals surface area contributed by atoms with E-state index in [0.717, 1.165) is 22.3 Å². The zero-order valence-electron chi connectivity index (χ0n) is 20.2. The van der Waals surface area contributed by atoms with Gasteiger partial charge in [-0.2, -0.15) is 0 Å². The summed E-state index contributed by atoms with van der Waals surface area (Å²) in [7, 11) is 0. The second kappa shape index (κ2) is 10.5. The van der Waals surface area contributed by atoms with Crippen molar-refractivity contribution in [3.05, 3.63) is 59.7 Å². The average Bonchev–Trinajstić information content (AvgIpc) is 3.20. The van der Waals surface area contributed by atoms with Crippen LogP contribution in [0.2, 0.25) is 0 Å². The SMILES string of the molecule is CCN(C(=O)C1(CNC(=O)OCC2c3ccccc3-c3ccccc32)CCOCC1)C(C)C(=O)O. The summed E-state index contributed by atoms with van der Waals surface area (Å²) in [4.78, 5) is 39.1. The predicted molar refractivity (Wildman–Crippen MR) is 130 cm³/mol. The van der Waals surface area contributed by atoms with Crippen molar-refractivity contribution in [2.75, 3.05) is 32.9 Å². The Balaban J connectivity index is 1.43. The highest BCUT2D eigenvalue weighted by molar-refractivity contribution is 5.88. The van der Waals surface area contributed by atoms with Crippen LogP contribution in [-0.2, 0) is 19.1 Å². The third-order valence-corrected chi connectivity index (χ3v) is 7.24. The molecule has 1 aliphatic heterocycles. The number of carboxylic acids is 1. The van der Waals surface area contributed by atoms with Gasteiger partial charge in [-0.1, -0.05) is 48.5 Å². The Morgan fingerprint density at radius 2 is 1.66 bits per heavy atom. The topological polar surface area (TPSA) is 105 Å². The number of hydrogen-bond donors (Lipinski definition) is 2. The van der Waals surface area contributed by atoms with Gasteiger partial charge >= 0.3 is 12.1 Å². The van der Waals surface area contributed by atoms with Crippen molar-refractivity contribution in [2.45, 2.75) is 38.6 Å². The van der Waals surface area contributed by atoms with Crippen LogP contribution in [0.4, 0.5) is 4.79 Å². The van der Waals surface area contributed by atoms with Gasteiger partial charge in [0.05, 0.1) is 5.41 Å². The zero-order chi connectivity index (χ0) is 25.0. The molecular formula is C27H32N2O6. The van der Waals surface area contributed by atoms with Gasteiger partial charge in [0.1, 0.15) is 12.6 Å². The Morgan fingerprint density at radius 1 is 1.09 bits per heavy atom. The van der Waals surface area contributed by atoms with E-state index in [1.807, 2.05) is 24.3 Å². The van der Waals surface area contributed by atoms with Gasteiger partial charge in [-0.3, -0.25) is 4.79 Å². The fourth-order valence-electron chi connectivity index (χ4n) is 5.15. The van der Waals surface area contributed by atoms with Crippen LogP contribution in [0.3, 0.4) is 0 Å². The normalized spacial score (nSPS) is 17.1. The van der Waals surface area contributed by atoms with Crippen molar-refractivity contribution in [1.29, 1.82) is 0 Å². The molecular weight excluding hydrogens is 448 g/mol. The largest absolute Gasteiger partial charge is 0.480 e. The summed E-state index contributed by atoms with van der Waals surface area (Å²) < 4.78 is 11.1. The molecule has 8 nitrogen and oxygen atoms in total. The minimum absolute atomic E-state index is 0.0566. The van der Waals surface area contributed by atoms with Gasteiger partial charge in [0.2, 0.25) is 5.91 Å². The molecule has 35 heavy (non-hydrogen) atoms. The molecule has 2 aliphatic rings. The van der Waals surface area contributed by atoms with Crippen molar-refractivity contribution in [3.8, 4) is 11.1 Å². The second-order valence-electron chi connectivity index (χ2n) is 9.18. The monoisotopic (exact) mass is 480 g/mol. The summed E-state index contributed by atoms with van der Waals surface area (Å²) in [6.07, 6.45) is 0.205. The Labute approximate surface area is 205 Å². The van der Waals surface area contributed by atoms with Gasteiger partial charge in [0, 0.05) is 32.2 Å². The first-order chi connectivity index (χ1) is 16.9. The third kappa shape index (κ3) is 4.89. The molecule has 186 valence electrons. The zero-order valence-corrected chi connectivity index (χ0v) is 20.2. The van der Waals surface area contributed by atoms with E-state index in [4.69, 9.17) is 9.47 Å². The number of carboxylic acid groups (broad SMARTS) is 1. The maximum atomic E-state index is 13.5. The highest BCUT2D eigenvalue weighted by Gasteiger charge is 2.44. The molecule has 8 heteroatoms. The number of rotatable bonds is 8. The van der Waals surface area contributed by atoms with Crippen LogP contribution in [0.15, 0.2) is 48.5 Å². The molecule has 0 saturated carbocycles. The highest BCUT2D eigenvalue weighted by Crippen LogP contribution is 2.44. The molecule has 2 amide bonds. The number of fused-ring (bicyclic) bond motifs is 3. The predicted octanol–water partition coefficient (Wildman–Crippen LogP) is 3.64. The summed E-state index contributed by atoms with van der Waals surface area (Å²) in [5, 5.41) is 12.2. The standard InChI is InChI=1S/C27H32N2O6/c1-3-29(18(2)24(30)31)25(32)27(12-14-34-15-13-27)17-28-26(33)35-16-23-21-10-6-4-8-19(21)20-9-5-7-11-22(20)23/h4-11,18,23H,3,12-17H2,1-2H3,(H,28,33)(H,30,31). The summed E-state index contributed by atoms with van der Waals surface area (Å²) in [5.74, 6) is -1.40. The fourth-order valence-corrected chi connectivity index (χ4v) is 5.15. The Bertz CT molecular complexity index is 1050. The molecule has 4 rings (SSSR count). The average molecular weight is 481 g/mol. The minimum Gasteiger partial charge on any atom is -0.480 e. The Kier molecular flexibility index (Phi) is 7.40. The van der Waals surface area contributed by atoms with Crippen molar-refractivity contribution >= 4 is 18.0 Å². The summed E-state index contributed by atoms with van der Waals surface area (Å²) in [6, 6.07) is 15.3. The maximum absolute atomic E-state index is 13.5. The number of aliphatic carboxylic acids is 1. The van der Waals surface area contributed by atoms with Crippen molar-refractivity contribution in [2.24, 2.45) is 5.41 Å². The van der Waals surface area contributed by atoms with Crippen LogP contribution in [0.1, 0.15) is 43.7 Å². The van der Waals surface area contributed by atoms with E-state index in [2.05, 4.69) is 29.6 Å². The van der Waals surface area contributed by atoms with E-state index in [-0.39, 0.29) is 31.5 Å². The van der Waals surface area contributed by atoms with Crippen LogP contribution >= 0.6 is 0 Å². The lowest BCUT2D eigenvalue weighted by Gasteiger charge is -2.40. The summed E-state index contributed by atoms with van der Waals surface area (Å²) in [6.45, 7) is 4.50. The molecule has 2 N–H and O–H groups in total. The molecule has 0 bridgehead atoms. The van der Waals surface area contributed by atoms with E-state index in [1.54, 1.807) is 6.92 Å². The Hall–Kier alpha value is -3.39. The number of amides is 2. The van der Waals surface area contributed by atoms with Gasteiger partial charge in [-0.05, 0) is 48.9 Å². The highest BCUT2D eigenvalue weighted by atomic mass is 16.5. The summed E-state index contributed by atoms with van der Waals surface area (Å²) >= 11 is 0. The first-order valence-electron chi connectivity index (χ1n) is 12.1. The number of nitrogens with one attached hydrogen (secondary N) is 1. The maximum Gasteiger partial charge on any atom is 0.407 e. The number of ether oxygens (including phenoxy) is 2. The molecule has 0 spiro atoms. The van der Waals surface area contributed by atoms with Crippen LogP contribution in [0.5, 0.6) is 0 Å². The van der Waals surface area contributed by atoms with E-state index >= 15 is 0 Å². The van der Waals surface area contributed by atoms with Gasteiger partial charge in [0.25, 0.3) is 0 Å². The minimum atomic E-state index is -1.06. The van der Waals surface area contributed by atoms with Crippen molar-refractivity contribution in [1.82, 2.24) is 10.2 Å². The molecule has 1 aliphatic carbocycles. The number of likely N-dealkylation sites (N-methyl/N-ethyl adjacent to an activating group) is 1. The van der Waals surface area contributed by atoms with Crippen LogP contribution in [-0.4, -0.2) is 66.9 Å². The number of alkyl carbamates (subject to hydrolysis) is 1. The molecule has 2 aromatic carbocycles. The van der Waals surface area contributed by atoms with Crippen LogP contribution in [0.25, 0.3) is 11.1 Å². The molecule has 0 radical (unpaired) electrons. The van der Waals surface area contributed by atoms with Gasteiger partial charge < -0.3 is 24.8 Å². The summed E-state index contributed by atoms with van der Waals surface area (Å²) in [5.41, 5.74) is 3.62. The molecule has 1 saturated heterocycles. The lowest BCUT2D eigenvalue weighted by molar-refractivity contribution is -0.157. The van der Waals surface area contributed by atoms with Gasteiger partial charge in [-0.15, -0.1) is 0 Å². The van der Waals surface area contributed by atoms with Crippen LogP contribution < -0.4 is 5.32 Å². The van der Waals surface area contributed by atoms with E-state index in [9.17, 15) is 19.5 Å². The van der Waals surface area contributed by atoms with Crippen molar-refractivity contribution in [3.63, 3.8) is 0 Å². The Morgan fingerprint density at radius 3 is 2.20 bits per heavy atom. The number of benzene rings is 2. The van der Waals surface area contributed by atoms with Gasteiger partial charge in [-0.25, -0.2) is 9.59 Å². The molecule has 1 atom stereocenters. The van der Waals surface area contributed by atoms with Crippen LogP contribution in [0, 0.1) is 5.41 Å². The lowest BCUT2D eigenvalue weighted by Crippen LogP contribution is -2.56. The fraction of sp³-hybridized carbons (Fsp3) is 0.444. The lowest BCUT2D eigenvalue weighted by atomic mass is 9.78. The van der Waals surface area contributed by atoms with Crippen molar-refractivity contribution < 1.29 is 29.0 Å². The van der Waals surface area contributed by atoms with Gasteiger partial charge in [0.15, 0.2) is 0 Å². The first kappa shape index (κ1) is 24.7. The number of carbonyl (C=O) groups excluding carboxylic acids is 2. The second-order valence-corrected chi connectivity index (χ2v) is 9.18. The first-order valence-corrected chi connectivity index (χ1v) is 12.1. The molecule has 2 aromatic rings. The number of hydrogen-bond acceptors (Lipinski definition) is 5. The molecule has 1 unspecified atom stereocenters.